The molecule has 0 atom stereocenters. The van der Waals surface area contributed by atoms with Gasteiger partial charge in [-0.15, -0.1) is 0 Å². The third kappa shape index (κ3) is 33.3. The van der Waals surface area contributed by atoms with E-state index in [4.69, 9.17) is 9.47 Å². The van der Waals surface area contributed by atoms with Crippen LogP contribution in [0.15, 0.2) is 24.3 Å². The molecule has 0 saturated heterocycles. The Morgan fingerprint density at radius 2 is 1.02 bits per heavy atom. The van der Waals surface area contributed by atoms with E-state index in [0.29, 0.717) is 6.42 Å². The Bertz CT molecular complexity index is 572. The maximum Gasteiger partial charge on any atom is 0.234 e. The number of carbonyl (C=O) groups is 1. The topological polar surface area (TPSA) is 54.0 Å². The van der Waals surface area contributed by atoms with E-state index >= 15 is 0 Å². The lowest BCUT2D eigenvalue weighted by Crippen LogP contribution is -2.43. The van der Waals surface area contributed by atoms with Gasteiger partial charge in [0.2, 0.25) is 5.91 Å². The van der Waals surface area contributed by atoms with Crippen LogP contribution < -0.4 is 5.43 Å². The average molecular weight is 594 g/mol. The number of hydrogen-bond donors (Lipinski definition) is 1. The number of hydrogen-bond acceptors (Lipinski definition) is 5. The van der Waals surface area contributed by atoms with Gasteiger partial charge in [0.05, 0.1) is 13.2 Å². The summed E-state index contributed by atoms with van der Waals surface area (Å²) in [4.78, 5) is 14.7. The molecule has 0 aromatic heterocycles. The quantitative estimate of drug-likeness (QED) is 0.0468. The van der Waals surface area contributed by atoms with Crippen LogP contribution in [0.25, 0.3) is 0 Å². The van der Waals surface area contributed by atoms with Crippen molar-refractivity contribution >= 4 is 5.91 Å². The lowest BCUT2D eigenvalue weighted by atomic mass is 10.2. The van der Waals surface area contributed by atoms with Gasteiger partial charge < -0.3 is 14.4 Å². The Hall–Kier alpha value is -1.21. The minimum atomic E-state index is 0.150. The van der Waals surface area contributed by atoms with Gasteiger partial charge in [-0.05, 0) is 91.3 Å². The molecule has 0 bridgehead atoms. The van der Waals surface area contributed by atoms with Crippen molar-refractivity contribution in [2.75, 3.05) is 60.2 Å². The van der Waals surface area contributed by atoms with Crippen LogP contribution in [0.5, 0.6) is 0 Å². The lowest BCUT2D eigenvalue weighted by molar-refractivity contribution is -0.126. The lowest BCUT2D eigenvalue weighted by Gasteiger charge is -2.23. The number of unbranched alkanes of at least 4 members (excludes halogenated alkanes) is 12. The van der Waals surface area contributed by atoms with Gasteiger partial charge in [0.25, 0.3) is 0 Å². The molecule has 6 heteroatoms. The van der Waals surface area contributed by atoms with Gasteiger partial charge in [0.1, 0.15) is 0 Å². The van der Waals surface area contributed by atoms with Crippen molar-refractivity contribution in [3.63, 3.8) is 0 Å². The fraction of sp³-hybridized carbons (Fsp3) is 0.861. The summed E-state index contributed by atoms with van der Waals surface area (Å²) in [5, 5.41) is 2.17. The molecular formula is C36H71N3O3. The molecule has 0 aromatic rings. The van der Waals surface area contributed by atoms with Crippen molar-refractivity contribution in [3.05, 3.63) is 24.3 Å². The Kier molecular flexibility index (Phi) is 33.3. The van der Waals surface area contributed by atoms with Gasteiger partial charge in [-0.3, -0.25) is 10.2 Å². The number of amides is 1. The van der Waals surface area contributed by atoms with Crippen LogP contribution in [0, 0.1) is 0 Å². The van der Waals surface area contributed by atoms with E-state index in [9.17, 15) is 4.79 Å². The Balaban J connectivity index is 3.97. The summed E-state index contributed by atoms with van der Waals surface area (Å²) in [7, 11) is 4.11. The van der Waals surface area contributed by atoms with E-state index in [1.165, 1.54) is 77.0 Å². The van der Waals surface area contributed by atoms with Gasteiger partial charge in [0.15, 0.2) is 0 Å². The molecule has 42 heavy (non-hydrogen) atoms. The number of nitrogens with zero attached hydrogens (tertiary/aromatic N) is 2. The van der Waals surface area contributed by atoms with Crippen molar-refractivity contribution in [1.82, 2.24) is 15.3 Å². The summed E-state index contributed by atoms with van der Waals surface area (Å²) in [6.45, 7) is 10.7. The fourth-order valence-electron chi connectivity index (χ4n) is 4.74. The van der Waals surface area contributed by atoms with Crippen LogP contribution in [-0.4, -0.2) is 76.0 Å². The first-order chi connectivity index (χ1) is 20.6. The summed E-state index contributed by atoms with van der Waals surface area (Å²) in [6.07, 6.45) is 32.1. The van der Waals surface area contributed by atoms with Gasteiger partial charge in [-0.25, -0.2) is 5.01 Å². The molecule has 0 aliphatic carbocycles. The van der Waals surface area contributed by atoms with Crippen molar-refractivity contribution in [1.29, 1.82) is 0 Å². The highest BCUT2D eigenvalue weighted by Gasteiger charge is 2.09. The van der Waals surface area contributed by atoms with Gasteiger partial charge in [0, 0.05) is 32.7 Å². The van der Waals surface area contributed by atoms with Crippen molar-refractivity contribution in [2.24, 2.45) is 0 Å². The van der Waals surface area contributed by atoms with Crippen LogP contribution in [0.3, 0.4) is 0 Å². The second-order valence-corrected chi connectivity index (χ2v) is 12.0. The van der Waals surface area contributed by atoms with Crippen LogP contribution in [-0.2, 0) is 14.3 Å². The summed E-state index contributed by atoms with van der Waals surface area (Å²) >= 11 is 0. The zero-order valence-electron chi connectivity index (χ0n) is 28.5. The van der Waals surface area contributed by atoms with E-state index in [0.717, 1.165) is 91.0 Å². The molecular weight excluding hydrogens is 522 g/mol. The van der Waals surface area contributed by atoms with Crippen molar-refractivity contribution in [2.45, 2.75) is 142 Å². The molecule has 0 rings (SSSR count). The van der Waals surface area contributed by atoms with E-state index in [1.807, 2.05) is 0 Å². The van der Waals surface area contributed by atoms with E-state index in [2.05, 4.69) is 67.6 Å². The predicted octanol–water partition coefficient (Wildman–Crippen LogP) is 8.87. The predicted molar refractivity (Wildman–Crippen MR) is 182 cm³/mol. The molecule has 1 N–H and O–H groups in total. The van der Waals surface area contributed by atoms with E-state index < -0.39 is 0 Å². The molecule has 0 heterocycles. The highest BCUT2D eigenvalue weighted by molar-refractivity contribution is 5.75. The third-order valence-corrected chi connectivity index (χ3v) is 7.37. The van der Waals surface area contributed by atoms with Crippen molar-refractivity contribution in [3.8, 4) is 0 Å². The number of ether oxygens (including phenoxy) is 2. The van der Waals surface area contributed by atoms with Gasteiger partial charge >= 0.3 is 0 Å². The molecule has 0 aliphatic heterocycles. The molecule has 0 fully saturated rings. The van der Waals surface area contributed by atoms with Crippen LogP contribution in [0.2, 0.25) is 0 Å². The summed E-state index contributed by atoms with van der Waals surface area (Å²) in [5.41, 5.74) is 3.20. The zero-order chi connectivity index (χ0) is 30.8. The maximum atomic E-state index is 12.5. The molecule has 248 valence electrons. The minimum Gasteiger partial charge on any atom is -0.381 e. The summed E-state index contributed by atoms with van der Waals surface area (Å²) in [5.74, 6) is 0.150. The fourth-order valence-corrected chi connectivity index (χ4v) is 4.74. The first kappa shape index (κ1) is 40.8. The molecule has 0 spiro atoms. The Morgan fingerprint density at radius 3 is 1.50 bits per heavy atom. The van der Waals surface area contributed by atoms with Crippen LogP contribution in [0.4, 0.5) is 0 Å². The molecule has 1 amide bonds. The molecule has 0 radical (unpaired) electrons. The van der Waals surface area contributed by atoms with Gasteiger partial charge in [-0.2, -0.15) is 0 Å². The molecule has 0 unspecified atom stereocenters. The minimum absolute atomic E-state index is 0.150. The Morgan fingerprint density at radius 1 is 0.548 bits per heavy atom. The molecule has 6 nitrogen and oxygen atoms in total. The monoisotopic (exact) mass is 594 g/mol. The Labute approximate surface area is 262 Å². The molecule has 0 saturated carbocycles. The van der Waals surface area contributed by atoms with Gasteiger partial charge in [-0.1, -0.05) is 89.5 Å². The summed E-state index contributed by atoms with van der Waals surface area (Å²) < 4.78 is 11.6. The highest BCUT2D eigenvalue weighted by atomic mass is 16.5. The number of hydrazine groups is 1. The van der Waals surface area contributed by atoms with E-state index in [1.54, 1.807) is 0 Å². The second-order valence-electron chi connectivity index (χ2n) is 12.0. The first-order valence-corrected chi connectivity index (χ1v) is 17.7. The number of rotatable bonds is 33. The second kappa shape index (κ2) is 34.3. The smallest absolute Gasteiger partial charge is 0.234 e. The third-order valence-electron chi connectivity index (χ3n) is 7.37. The number of allylic oxidation sites excluding steroid dienone is 2. The highest BCUT2D eigenvalue weighted by Crippen LogP contribution is 2.07. The SMILES string of the molecule is CCCCC/C=C\CCOCCCCCCN(CCCCCCOCC/C=C\CCCCC)NC(=O)CCCN(C)C. The standard InChI is InChI=1S/C36H71N3O3/c1-5-7-9-11-13-17-23-32-41-34-25-19-15-21-30-39(37-36(40)28-27-29-38(3)4)31-22-16-20-26-35-42-33-24-18-14-12-10-8-6-2/h13-14,17-18H,5-12,15-16,19-35H2,1-4H3,(H,37,40)/b17-13-,18-14-. The largest absolute Gasteiger partial charge is 0.381 e. The molecule has 0 aliphatic rings. The number of nitrogens with one attached hydrogen (secondary N) is 1. The van der Waals surface area contributed by atoms with E-state index in [-0.39, 0.29) is 5.91 Å². The van der Waals surface area contributed by atoms with Crippen molar-refractivity contribution < 1.29 is 14.3 Å². The zero-order valence-corrected chi connectivity index (χ0v) is 28.5. The molecule has 0 aromatic carbocycles. The summed E-state index contributed by atoms with van der Waals surface area (Å²) in [6, 6.07) is 0. The van der Waals surface area contributed by atoms with Crippen LogP contribution >= 0.6 is 0 Å². The van der Waals surface area contributed by atoms with Crippen LogP contribution in [0.1, 0.15) is 142 Å². The number of carbonyl (C=O) groups excluding carboxylic acids is 1. The average Bonchev–Trinajstić information content (AvgIpc) is 2.97. The first-order valence-electron chi connectivity index (χ1n) is 17.7. The maximum absolute atomic E-state index is 12.5. The normalized spacial score (nSPS) is 12.0.